The minimum atomic E-state index is -3.56. The zero-order chi connectivity index (χ0) is 12.6. The van der Waals surface area contributed by atoms with E-state index in [4.69, 9.17) is 0 Å². The first kappa shape index (κ1) is 15.4. The van der Waals surface area contributed by atoms with Gasteiger partial charge in [-0.05, 0) is 0 Å². The van der Waals surface area contributed by atoms with Crippen LogP contribution in [0.4, 0.5) is 0 Å². The Morgan fingerprint density at radius 2 is 0.867 bits per heavy atom. The maximum atomic E-state index is 11.6. The molecular weight excluding hydrogens is 274 g/mol. The zero-order valence-electron chi connectivity index (χ0n) is 10.3. The second-order valence-corrected chi connectivity index (χ2v) is 35.5. The van der Waals surface area contributed by atoms with Crippen molar-refractivity contribution in [3.63, 3.8) is 0 Å². The van der Waals surface area contributed by atoms with Crippen LogP contribution in [0, 0.1) is 0 Å². The van der Waals surface area contributed by atoms with Gasteiger partial charge in [-0.2, -0.15) is 0 Å². The van der Waals surface area contributed by atoms with Crippen molar-refractivity contribution in [3.8, 4) is 0 Å². The Labute approximate surface area is 92.8 Å². The summed E-state index contributed by atoms with van der Waals surface area (Å²) in [4.78, 5) is 34.7. The van der Waals surface area contributed by atoms with E-state index in [1.165, 1.54) is 0 Å². The van der Waals surface area contributed by atoms with Gasteiger partial charge in [-0.3, -0.25) is 0 Å². The van der Waals surface area contributed by atoms with Gasteiger partial charge < -0.3 is 0 Å². The van der Waals surface area contributed by atoms with Gasteiger partial charge in [0.1, 0.15) is 0 Å². The average molecular weight is 297 g/mol. The molecule has 0 radical (unpaired) electrons. The van der Waals surface area contributed by atoms with Crippen LogP contribution in [-0.4, -0.2) is 55.5 Å². The quantitative estimate of drug-likeness (QED) is 0.437. The van der Waals surface area contributed by atoms with Gasteiger partial charge in [-0.15, -0.1) is 0 Å². The molecule has 0 fully saturated rings. The zero-order valence-corrected chi connectivity index (χ0v) is 13.4. The van der Waals surface area contributed by atoms with Crippen molar-refractivity contribution < 1.29 is 25.3 Å². The van der Waals surface area contributed by atoms with E-state index >= 15 is 0 Å². The second-order valence-electron chi connectivity index (χ2n) is 5.36. The molecule has 0 aromatic heterocycles. The molecule has 95 valence electrons. The van der Waals surface area contributed by atoms with E-state index in [9.17, 15) is 14.4 Å². The first-order chi connectivity index (χ1) is 6.52. The first-order valence-corrected chi connectivity index (χ1v) is 16.6. The van der Waals surface area contributed by atoms with E-state index < -0.39 is 22.8 Å². The van der Waals surface area contributed by atoms with Gasteiger partial charge in [0, 0.05) is 0 Å². The molecule has 0 unspecified atom stereocenters. The summed E-state index contributed by atoms with van der Waals surface area (Å²) in [6.07, 6.45) is 0. The van der Waals surface area contributed by atoms with Gasteiger partial charge in [-0.1, -0.05) is 0 Å². The summed E-state index contributed by atoms with van der Waals surface area (Å²) in [5.74, 6) is -4.25. The van der Waals surface area contributed by atoms with Crippen molar-refractivity contribution in [1.29, 1.82) is 0 Å². The first-order valence-electron chi connectivity index (χ1n) is 4.67. The van der Waals surface area contributed by atoms with Gasteiger partial charge >= 0.3 is 92.7 Å². The van der Waals surface area contributed by atoms with Crippen LogP contribution in [-0.2, 0) is 25.3 Å². The maximum absolute atomic E-state index is 11.6. The van der Waals surface area contributed by atoms with Crippen molar-refractivity contribution in [1.82, 2.24) is 0 Å². The van der Waals surface area contributed by atoms with Gasteiger partial charge in [0.05, 0.1) is 0 Å². The SMILES string of the molecule is C[PH](C)(C)[Fe]([CH]=O)([CH]=O)([CH]=O)[PH](C)(C)C. The molecule has 6 heteroatoms. The fourth-order valence-corrected chi connectivity index (χ4v) is 39.0. The molecule has 0 aromatic carbocycles. The molecule has 15 heavy (non-hydrogen) atoms. The summed E-state index contributed by atoms with van der Waals surface area (Å²) in [5.41, 5.74) is 0. The molecule has 0 rings (SSSR count). The molecule has 0 atom stereocenters. The van der Waals surface area contributed by atoms with Crippen molar-refractivity contribution in [2.45, 2.75) is 0 Å². The standard InChI is InChI=1S/2C3H9P.3CHO.Fe/c2*1-4(2)3;3*1-2;/h2*1-3H3;3*1H;/q;;;;;-2/p+2. The number of carbonyl (C=O) groups is 3. The van der Waals surface area contributed by atoms with Crippen LogP contribution in [0.5, 0.6) is 0 Å². The molecule has 0 bridgehead atoms. The molecule has 0 spiro atoms. The summed E-state index contributed by atoms with van der Waals surface area (Å²) in [7, 11) is -3.56. The number of hydrogen-bond donors (Lipinski definition) is 0. The Kier molecular flexibility index (Phi) is 4.11. The van der Waals surface area contributed by atoms with Crippen molar-refractivity contribution in [2.75, 3.05) is 40.0 Å². The molecule has 0 heterocycles. The monoisotopic (exact) mass is 297 g/mol. The summed E-state index contributed by atoms with van der Waals surface area (Å²) in [5, 5.41) is 2.30. The summed E-state index contributed by atoms with van der Waals surface area (Å²) in [6.45, 7) is 11.8. The molecule has 0 saturated carbocycles. The van der Waals surface area contributed by atoms with Crippen LogP contribution in [0.15, 0.2) is 0 Å². The predicted octanol–water partition coefficient (Wildman–Crippen LogP) is 1.36. The molecule has 0 aliphatic heterocycles. The Bertz CT molecular complexity index is 259. The van der Waals surface area contributed by atoms with Gasteiger partial charge in [0.25, 0.3) is 0 Å². The molecule has 0 N–H and O–H groups in total. The fraction of sp³-hybridized carbons (Fsp3) is 0.667. The van der Waals surface area contributed by atoms with E-state index in [2.05, 4.69) is 0 Å². The van der Waals surface area contributed by atoms with Crippen LogP contribution in [0.3, 0.4) is 0 Å². The molecule has 0 saturated heterocycles. The normalized spacial score (nSPS) is 18.4. The van der Waals surface area contributed by atoms with Crippen molar-refractivity contribution in [3.05, 3.63) is 0 Å². The van der Waals surface area contributed by atoms with Crippen LogP contribution in [0.2, 0.25) is 0 Å². The molecule has 0 aliphatic rings. The van der Waals surface area contributed by atoms with Crippen molar-refractivity contribution in [2.24, 2.45) is 0 Å². The van der Waals surface area contributed by atoms with Crippen LogP contribution >= 0.6 is 11.9 Å². The molecule has 3 nitrogen and oxygen atoms in total. The van der Waals surface area contributed by atoms with Gasteiger partial charge in [0.15, 0.2) is 0 Å². The Morgan fingerprint density at radius 3 is 0.867 bits per heavy atom. The van der Waals surface area contributed by atoms with Crippen LogP contribution < -0.4 is 0 Å². The van der Waals surface area contributed by atoms with E-state index in [0.717, 1.165) is 15.6 Å². The Balaban J connectivity index is 6.34. The summed E-state index contributed by atoms with van der Waals surface area (Å²) < 4.78 is 0. The van der Waals surface area contributed by atoms with Crippen LogP contribution in [0.1, 0.15) is 0 Å². The van der Waals surface area contributed by atoms with Gasteiger partial charge in [0.2, 0.25) is 0 Å². The third kappa shape index (κ3) is 1.67. The number of hydrogen-bond acceptors (Lipinski definition) is 3. The predicted molar refractivity (Wildman–Crippen MR) is 72.4 cm³/mol. The Hall–Kier alpha value is 0.389. The van der Waals surface area contributed by atoms with Crippen LogP contribution in [0.25, 0.3) is 0 Å². The fourth-order valence-electron chi connectivity index (χ4n) is 1.60. The van der Waals surface area contributed by atoms with E-state index in [1.807, 2.05) is 40.0 Å². The minimum absolute atomic E-state index is 0.765. The molecular formula is C9H23FeO3P2. The summed E-state index contributed by atoms with van der Waals surface area (Å²) in [6, 6.07) is 0. The molecule has 0 aromatic rings. The third-order valence-corrected chi connectivity index (χ3v) is 46.7. The summed E-state index contributed by atoms with van der Waals surface area (Å²) >= 11 is 0. The molecule has 0 amide bonds. The van der Waals surface area contributed by atoms with Crippen molar-refractivity contribution >= 4 is 27.5 Å². The molecule has 0 aliphatic carbocycles. The van der Waals surface area contributed by atoms with E-state index in [0.29, 0.717) is 0 Å². The Morgan fingerprint density at radius 1 is 0.667 bits per heavy atom. The topological polar surface area (TPSA) is 51.2 Å². The average Bonchev–Trinajstić information content (AvgIpc) is 2.04. The van der Waals surface area contributed by atoms with E-state index in [1.54, 1.807) is 0 Å². The van der Waals surface area contributed by atoms with E-state index in [-0.39, 0.29) is 0 Å². The second kappa shape index (κ2) is 4.00. The third-order valence-electron chi connectivity index (χ3n) is 2.91. The van der Waals surface area contributed by atoms with Gasteiger partial charge in [-0.25, -0.2) is 0 Å². The number of carbonyl (C=O) groups excluding carboxylic acids is 3. The number of rotatable bonds is 5.